The van der Waals surface area contributed by atoms with Crippen molar-refractivity contribution in [2.24, 2.45) is 0 Å². The first-order chi connectivity index (χ1) is 13.0. The van der Waals surface area contributed by atoms with E-state index in [-0.39, 0.29) is 32.8 Å². The number of amides is 1. The molecule has 0 bridgehead atoms. The van der Waals surface area contributed by atoms with Crippen LogP contribution in [0.4, 0.5) is 13.2 Å². The van der Waals surface area contributed by atoms with E-state index in [4.69, 9.17) is 39.5 Å². The van der Waals surface area contributed by atoms with Gasteiger partial charge in [-0.3, -0.25) is 4.79 Å². The van der Waals surface area contributed by atoms with Crippen LogP contribution in [0.25, 0.3) is 0 Å². The third-order valence-corrected chi connectivity index (χ3v) is 4.92. The van der Waals surface area contributed by atoms with Gasteiger partial charge in [0.25, 0.3) is 0 Å². The molecule has 0 aliphatic rings. The number of benzene rings is 2. The molecule has 1 N–H and O–H groups in total. The highest BCUT2D eigenvalue weighted by molar-refractivity contribution is 6.43. The van der Waals surface area contributed by atoms with Gasteiger partial charge in [-0.2, -0.15) is 13.2 Å². The van der Waals surface area contributed by atoms with Crippen LogP contribution in [-0.4, -0.2) is 18.1 Å². The molecule has 0 aromatic heterocycles. The number of hydrogen-bond donors (Lipinski definition) is 1. The Labute approximate surface area is 173 Å². The summed E-state index contributed by atoms with van der Waals surface area (Å²) >= 11 is 17.7. The number of halogens is 6. The molecule has 10 heteroatoms. The van der Waals surface area contributed by atoms with Crippen LogP contribution >= 0.6 is 34.8 Å². The molecule has 4 nitrogen and oxygen atoms in total. The third kappa shape index (κ3) is 4.71. The average molecular weight is 455 g/mol. The van der Waals surface area contributed by atoms with Crippen molar-refractivity contribution in [3.8, 4) is 5.75 Å². The molecule has 2 aromatic rings. The molecule has 1 unspecified atom stereocenters. The summed E-state index contributed by atoms with van der Waals surface area (Å²) < 4.78 is 43.8. The van der Waals surface area contributed by atoms with E-state index in [9.17, 15) is 22.8 Å². The van der Waals surface area contributed by atoms with E-state index in [1.165, 1.54) is 37.3 Å². The second-order valence-corrected chi connectivity index (χ2v) is 6.88. The van der Waals surface area contributed by atoms with Crippen molar-refractivity contribution >= 4 is 46.7 Å². The zero-order valence-electron chi connectivity index (χ0n) is 14.2. The lowest BCUT2D eigenvalue weighted by Gasteiger charge is -2.32. The van der Waals surface area contributed by atoms with Crippen molar-refractivity contribution in [3.63, 3.8) is 0 Å². The first-order valence-electron chi connectivity index (χ1n) is 7.83. The molecular formula is C18H13Cl3F3NO3. The Balaban J connectivity index is 2.50. The molecule has 0 heterocycles. The standard InChI is InChI=1S/C18H13Cl3F3NO3/c1-2-17(10-6-4-3-5-7-10,25-15(26)18(22,23)24)16(27)28-14-9-12(20)11(19)8-13(14)21/h3-9H,2H2,1H3,(H,25,26). The monoisotopic (exact) mass is 453 g/mol. The van der Waals surface area contributed by atoms with Crippen LogP contribution in [-0.2, 0) is 15.1 Å². The maximum Gasteiger partial charge on any atom is 0.471 e. The Kier molecular flexibility index (Phi) is 6.85. The quantitative estimate of drug-likeness (QED) is 0.367. The first kappa shape index (κ1) is 22.3. The van der Waals surface area contributed by atoms with Crippen LogP contribution in [0.15, 0.2) is 42.5 Å². The lowest BCUT2D eigenvalue weighted by Crippen LogP contribution is -2.56. The first-order valence-corrected chi connectivity index (χ1v) is 8.96. The second-order valence-electron chi connectivity index (χ2n) is 5.66. The fourth-order valence-electron chi connectivity index (χ4n) is 2.43. The van der Waals surface area contributed by atoms with Crippen LogP contribution in [0.1, 0.15) is 18.9 Å². The molecule has 1 amide bonds. The summed E-state index contributed by atoms with van der Waals surface area (Å²) in [6.07, 6.45) is -5.42. The maximum absolute atomic E-state index is 12.9. The maximum atomic E-state index is 12.9. The minimum atomic E-state index is -5.20. The van der Waals surface area contributed by atoms with Crippen LogP contribution in [0.3, 0.4) is 0 Å². The topological polar surface area (TPSA) is 55.4 Å². The molecule has 0 saturated heterocycles. The Morgan fingerprint density at radius 3 is 2.11 bits per heavy atom. The van der Waals surface area contributed by atoms with Crippen molar-refractivity contribution in [1.82, 2.24) is 5.32 Å². The van der Waals surface area contributed by atoms with Gasteiger partial charge in [-0.05, 0) is 18.1 Å². The van der Waals surface area contributed by atoms with Crippen molar-refractivity contribution < 1.29 is 27.5 Å². The highest BCUT2D eigenvalue weighted by Crippen LogP contribution is 2.36. The van der Waals surface area contributed by atoms with E-state index in [2.05, 4.69) is 0 Å². The van der Waals surface area contributed by atoms with Gasteiger partial charge in [-0.15, -0.1) is 0 Å². The van der Waals surface area contributed by atoms with E-state index < -0.39 is 23.6 Å². The fourth-order valence-corrected chi connectivity index (χ4v) is 3.01. The van der Waals surface area contributed by atoms with Crippen LogP contribution in [0, 0.1) is 0 Å². The number of nitrogens with one attached hydrogen (secondary N) is 1. The zero-order valence-corrected chi connectivity index (χ0v) is 16.5. The Hall–Kier alpha value is -1.96. The van der Waals surface area contributed by atoms with E-state index in [0.717, 1.165) is 6.07 Å². The summed E-state index contributed by atoms with van der Waals surface area (Å²) in [5.74, 6) is -3.66. The Bertz CT molecular complexity index is 891. The van der Waals surface area contributed by atoms with Gasteiger partial charge in [-0.25, -0.2) is 4.79 Å². The van der Waals surface area contributed by atoms with Crippen molar-refractivity contribution in [2.45, 2.75) is 25.1 Å². The molecule has 0 fully saturated rings. The van der Waals surface area contributed by atoms with Crippen molar-refractivity contribution in [3.05, 3.63) is 63.1 Å². The van der Waals surface area contributed by atoms with Crippen LogP contribution in [0.5, 0.6) is 5.75 Å². The van der Waals surface area contributed by atoms with Gasteiger partial charge in [-0.1, -0.05) is 72.1 Å². The number of carbonyl (C=O) groups excluding carboxylic acids is 2. The van der Waals surface area contributed by atoms with Gasteiger partial charge in [0.05, 0.1) is 15.1 Å². The Morgan fingerprint density at radius 1 is 1.00 bits per heavy atom. The molecule has 2 aromatic carbocycles. The molecule has 150 valence electrons. The molecule has 0 radical (unpaired) electrons. The minimum Gasteiger partial charge on any atom is -0.423 e. The number of alkyl halides is 3. The third-order valence-electron chi connectivity index (χ3n) is 3.91. The molecule has 2 rings (SSSR count). The predicted molar refractivity (Wildman–Crippen MR) is 99.7 cm³/mol. The van der Waals surface area contributed by atoms with Gasteiger partial charge < -0.3 is 10.1 Å². The minimum absolute atomic E-state index is 0.0232. The average Bonchev–Trinajstić information content (AvgIpc) is 2.63. The molecule has 0 spiro atoms. The highest BCUT2D eigenvalue weighted by Gasteiger charge is 2.49. The van der Waals surface area contributed by atoms with E-state index in [0.29, 0.717) is 0 Å². The molecule has 0 aliphatic heterocycles. The smallest absolute Gasteiger partial charge is 0.423 e. The summed E-state index contributed by atoms with van der Waals surface area (Å²) in [6, 6.07) is 9.81. The number of carbonyl (C=O) groups is 2. The van der Waals surface area contributed by atoms with Crippen molar-refractivity contribution in [1.29, 1.82) is 0 Å². The summed E-state index contributed by atoms with van der Waals surface area (Å²) in [4.78, 5) is 24.6. The highest BCUT2D eigenvalue weighted by atomic mass is 35.5. The number of rotatable bonds is 5. The molecule has 1 atom stereocenters. The van der Waals surface area contributed by atoms with Crippen LogP contribution in [0.2, 0.25) is 15.1 Å². The fraction of sp³-hybridized carbons (Fsp3) is 0.222. The van der Waals surface area contributed by atoms with E-state index in [1.54, 1.807) is 11.4 Å². The normalized spacial score (nSPS) is 13.5. The molecule has 0 saturated carbocycles. The van der Waals surface area contributed by atoms with Crippen LogP contribution < -0.4 is 10.1 Å². The zero-order chi connectivity index (χ0) is 21.1. The number of esters is 1. The molecule has 0 aliphatic carbocycles. The molecule has 28 heavy (non-hydrogen) atoms. The largest absolute Gasteiger partial charge is 0.471 e. The van der Waals surface area contributed by atoms with Gasteiger partial charge in [0.1, 0.15) is 0 Å². The van der Waals surface area contributed by atoms with Crippen molar-refractivity contribution in [2.75, 3.05) is 0 Å². The number of hydrogen-bond acceptors (Lipinski definition) is 3. The van der Waals surface area contributed by atoms with Gasteiger partial charge in [0.2, 0.25) is 0 Å². The molecular weight excluding hydrogens is 442 g/mol. The van der Waals surface area contributed by atoms with E-state index >= 15 is 0 Å². The number of ether oxygens (including phenoxy) is 1. The van der Waals surface area contributed by atoms with Gasteiger partial charge >= 0.3 is 18.1 Å². The lowest BCUT2D eigenvalue weighted by molar-refractivity contribution is -0.177. The predicted octanol–water partition coefficient (Wildman–Crippen LogP) is 5.54. The summed E-state index contributed by atoms with van der Waals surface area (Å²) in [5.41, 5.74) is -2.00. The summed E-state index contributed by atoms with van der Waals surface area (Å²) in [5, 5.41) is 1.80. The van der Waals surface area contributed by atoms with Gasteiger partial charge in [0, 0.05) is 6.07 Å². The Morgan fingerprint density at radius 2 is 1.57 bits per heavy atom. The summed E-state index contributed by atoms with van der Waals surface area (Å²) in [6.45, 7) is 1.43. The lowest BCUT2D eigenvalue weighted by atomic mass is 9.87. The summed E-state index contributed by atoms with van der Waals surface area (Å²) in [7, 11) is 0. The second kappa shape index (κ2) is 8.59. The van der Waals surface area contributed by atoms with Gasteiger partial charge in [0.15, 0.2) is 11.3 Å². The van der Waals surface area contributed by atoms with E-state index in [1.807, 2.05) is 0 Å². The SMILES string of the molecule is CCC(NC(=O)C(F)(F)F)(C(=O)Oc1cc(Cl)c(Cl)cc1Cl)c1ccccc1.